The van der Waals surface area contributed by atoms with Gasteiger partial charge in [-0.25, -0.2) is 9.97 Å². The fourth-order valence-corrected chi connectivity index (χ4v) is 3.37. The molecule has 0 aliphatic heterocycles. The molecular weight excluding hydrogens is 282 g/mol. The van der Waals surface area contributed by atoms with Crippen LogP contribution < -0.4 is 0 Å². The normalized spacial score (nSPS) is 12.9. The third-order valence-electron chi connectivity index (χ3n) is 4.55. The molecule has 3 nitrogen and oxygen atoms in total. The molecule has 1 N–H and O–H groups in total. The van der Waals surface area contributed by atoms with Crippen LogP contribution in [-0.4, -0.2) is 15.0 Å². The van der Waals surface area contributed by atoms with Crippen molar-refractivity contribution in [3.8, 4) is 22.8 Å². The van der Waals surface area contributed by atoms with Gasteiger partial charge in [-0.15, -0.1) is 0 Å². The minimum atomic E-state index is 0.831. The molecule has 0 radical (unpaired) electrons. The fraction of sp³-hybridized carbons (Fsp3) is 0.100. The number of benzene rings is 2. The first-order valence-electron chi connectivity index (χ1n) is 7.92. The van der Waals surface area contributed by atoms with Gasteiger partial charge >= 0.3 is 0 Å². The SMILES string of the molecule is c1ccc2c(c1)CCc1ccc(-c3nc4ccccc4[nH]3)nc1-2. The summed E-state index contributed by atoms with van der Waals surface area (Å²) in [6.45, 7) is 0. The standard InChI is InChI=1S/C20H15N3/c1-2-6-15-13(5-1)9-10-14-11-12-18(21-19(14)15)20-22-16-7-3-4-8-17(16)23-20/h1-8,11-12H,9-10H2,(H,22,23). The van der Waals surface area contributed by atoms with E-state index in [1.807, 2.05) is 24.3 Å². The van der Waals surface area contributed by atoms with Crippen LogP contribution in [0.2, 0.25) is 0 Å². The largest absolute Gasteiger partial charge is 0.337 e. The Bertz CT molecular complexity index is 997. The number of imidazole rings is 1. The van der Waals surface area contributed by atoms with Gasteiger partial charge in [-0.05, 0) is 42.2 Å². The minimum Gasteiger partial charge on any atom is -0.337 e. The summed E-state index contributed by atoms with van der Waals surface area (Å²) >= 11 is 0. The third kappa shape index (κ3) is 1.97. The lowest BCUT2D eigenvalue weighted by Gasteiger charge is -2.19. The molecule has 4 aromatic rings. The van der Waals surface area contributed by atoms with Crippen LogP contribution in [0, 0.1) is 0 Å². The van der Waals surface area contributed by atoms with Gasteiger partial charge in [0.2, 0.25) is 0 Å². The van der Waals surface area contributed by atoms with Crippen molar-refractivity contribution in [2.75, 3.05) is 0 Å². The molecule has 2 aromatic heterocycles. The van der Waals surface area contributed by atoms with Gasteiger partial charge in [-0.2, -0.15) is 0 Å². The van der Waals surface area contributed by atoms with E-state index in [1.165, 1.54) is 16.7 Å². The van der Waals surface area contributed by atoms with E-state index in [-0.39, 0.29) is 0 Å². The molecular formula is C20H15N3. The number of hydrogen-bond donors (Lipinski definition) is 1. The van der Waals surface area contributed by atoms with Gasteiger partial charge in [-0.1, -0.05) is 42.5 Å². The first-order valence-corrected chi connectivity index (χ1v) is 7.92. The predicted octanol–water partition coefficient (Wildman–Crippen LogP) is 4.39. The molecule has 0 saturated heterocycles. The van der Waals surface area contributed by atoms with Crippen LogP contribution in [0.25, 0.3) is 33.8 Å². The Morgan fingerprint density at radius 1 is 0.739 bits per heavy atom. The molecule has 3 heteroatoms. The van der Waals surface area contributed by atoms with Gasteiger partial charge in [-0.3, -0.25) is 0 Å². The first kappa shape index (κ1) is 12.6. The van der Waals surface area contributed by atoms with Gasteiger partial charge < -0.3 is 4.98 Å². The molecule has 0 amide bonds. The number of aromatic amines is 1. The van der Waals surface area contributed by atoms with E-state index in [1.54, 1.807) is 0 Å². The van der Waals surface area contributed by atoms with Crippen molar-refractivity contribution in [2.45, 2.75) is 12.8 Å². The molecule has 2 aromatic carbocycles. The van der Waals surface area contributed by atoms with E-state index >= 15 is 0 Å². The third-order valence-corrected chi connectivity index (χ3v) is 4.55. The quantitative estimate of drug-likeness (QED) is 0.566. The lowest BCUT2D eigenvalue weighted by atomic mass is 9.89. The molecule has 0 spiro atoms. The smallest absolute Gasteiger partial charge is 0.157 e. The number of aromatic nitrogens is 3. The average molecular weight is 297 g/mol. The molecule has 2 heterocycles. The molecule has 1 aliphatic rings. The number of pyridine rings is 1. The molecule has 0 atom stereocenters. The number of aryl methyl sites for hydroxylation is 2. The van der Waals surface area contributed by atoms with Crippen molar-refractivity contribution >= 4 is 11.0 Å². The zero-order valence-electron chi connectivity index (χ0n) is 12.6. The van der Waals surface area contributed by atoms with Crippen molar-refractivity contribution in [3.05, 3.63) is 71.8 Å². The summed E-state index contributed by atoms with van der Waals surface area (Å²) in [7, 11) is 0. The van der Waals surface area contributed by atoms with Gasteiger partial charge in [0.15, 0.2) is 5.82 Å². The van der Waals surface area contributed by atoms with Gasteiger partial charge in [0.05, 0.1) is 16.7 Å². The van der Waals surface area contributed by atoms with Crippen molar-refractivity contribution < 1.29 is 0 Å². The second-order valence-corrected chi connectivity index (χ2v) is 5.96. The maximum absolute atomic E-state index is 4.93. The zero-order valence-corrected chi connectivity index (χ0v) is 12.6. The van der Waals surface area contributed by atoms with E-state index in [0.29, 0.717) is 0 Å². The number of fused-ring (bicyclic) bond motifs is 4. The first-order chi connectivity index (χ1) is 11.4. The van der Waals surface area contributed by atoms with Crippen molar-refractivity contribution in [2.24, 2.45) is 0 Å². The zero-order chi connectivity index (χ0) is 15.2. The molecule has 23 heavy (non-hydrogen) atoms. The number of rotatable bonds is 1. The van der Waals surface area contributed by atoms with Crippen LogP contribution in [0.15, 0.2) is 60.7 Å². The van der Waals surface area contributed by atoms with Gasteiger partial charge in [0.25, 0.3) is 0 Å². The maximum atomic E-state index is 4.93. The van der Waals surface area contributed by atoms with Crippen LogP contribution in [0.4, 0.5) is 0 Å². The van der Waals surface area contributed by atoms with Crippen LogP contribution in [-0.2, 0) is 12.8 Å². The topological polar surface area (TPSA) is 41.6 Å². The highest BCUT2D eigenvalue weighted by atomic mass is 14.9. The maximum Gasteiger partial charge on any atom is 0.157 e. The predicted molar refractivity (Wildman–Crippen MR) is 92.2 cm³/mol. The Morgan fingerprint density at radius 2 is 1.57 bits per heavy atom. The van der Waals surface area contributed by atoms with Crippen molar-refractivity contribution in [1.82, 2.24) is 15.0 Å². The number of nitrogens with one attached hydrogen (secondary N) is 1. The van der Waals surface area contributed by atoms with Crippen LogP contribution in [0.1, 0.15) is 11.1 Å². The Hall–Kier alpha value is -2.94. The molecule has 5 rings (SSSR count). The van der Waals surface area contributed by atoms with Gasteiger partial charge in [0, 0.05) is 5.56 Å². The lowest BCUT2D eigenvalue weighted by Crippen LogP contribution is -2.06. The molecule has 0 bridgehead atoms. The van der Waals surface area contributed by atoms with Gasteiger partial charge in [0.1, 0.15) is 5.69 Å². The summed E-state index contributed by atoms with van der Waals surface area (Å²) in [4.78, 5) is 13.0. The van der Waals surface area contributed by atoms with E-state index in [4.69, 9.17) is 4.98 Å². The molecule has 110 valence electrons. The highest BCUT2D eigenvalue weighted by Crippen LogP contribution is 2.33. The second kappa shape index (κ2) is 4.78. The highest BCUT2D eigenvalue weighted by molar-refractivity contribution is 5.79. The number of hydrogen-bond acceptors (Lipinski definition) is 2. The van der Waals surface area contributed by atoms with Crippen molar-refractivity contribution in [1.29, 1.82) is 0 Å². The van der Waals surface area contributed by atoms with E-state index in [2.05, 4.69) is 46.4 Å². The van der Waals surface area contributed by atoms with E-state index in [0.717, 1.165) is 41.1 Å². The van der Waals surface area contributed by atoms with E-state index < -0.39 is 0 Å². The number of nitrogens with zero attached hydrogens (tertiary/aromatic N) is 2. The van der Waals surface area contributed by atoms with E-state index in [9.17, 15) is 0 Å². The summed E-state index contributed by atoms with van der Waals surface area (Å²) in [5.41, 5.74) is 7.98. The van der Waals surface area contributed by atoms with Crippen LogP contribution in [0.3, 0.4) is 0 Å². The molecule has 0 fully saturated rings. The Balaban J connectivity index is 1.69. The molecule has 0 saturated carbocycles. The summed E-state index contributed by atoms with van der Waals surface area (Å²) in [5.74, 6) is 0.831. The minimum absolute atomic E-state index is 0.831. The summed E-state index contributed by atoms with van der Waals surface area (Å²) in [6.07, 6.45) is 2.15. The summed E-state index contributed by atoms with van der Waals surface area (Å²) in [5, 5.41) is 0. The summed E-state index contributed by atoms with van der Waals surface area (Å²) < 4.78 is 0. The Morgan fingerprint density at radius 3 is 2.52 bits per heavy atom. The monoisotopic (exact) mass is 297 g/mol. The van der Waals surface area contributed by atoms with Crippen molar-refractivity contribution in [3.63, 3.8) is 0 Å². The highest BCUT2D eigenvalue weighted by Gasteiger charge is 2.18. The molecule has 1 aliphatic carbocycles. The van der Waals surface area contributed by atoms with Crippen LogP contribution in [0.5, 0.6) is 0 Å². The van der Waals surface area contributed by atoms with Crippen LogP contribution >= 0.6 is 0 Å². The second-order valence-electron chi connectivity index (χ2n) is 5.96. The molecule has 0 unspecified atom stereocenters. The Labute approximate surface area is 134 Å². The fourth-order valence-electron chi connectivity index (χ4n) is 3.37. The summed E-state index contributed by atoms with van der Waals surface area (Å²) in [6, 6.07) is 20.9. The lowest BCUT2D eigenvalue weighted by molar-refractivity contribution is 0.927. The number of para-hydroxylation sites is 2. The average Bonchev–Trinajstić information content (AvgIpc) is 3.05. The number of H-pyrrole nitrogens is 1. The Kier molecular flexibility index (Phi) is 2.62.